The highest BCUT2D eigenvalue weighted by atomic mass is 16.3. The van der Waals surface area contributed by atoms with Gasteiger partial charge in [-0.15, -0.1) is 0 Å². The van der Waals surface area contributed by atoms with Crippen molar-refractivity contribution < 1.29 is 14.3 Å². The Morgan fingerprint density at radius 3 is 2.83 bits per heavy atom. The molecule has 5 nitrogen and oxygen atoms in total. The molecule has 2 rings (SSSR count). The summed E-state index contributed by atoms with van der Waals surface area (Å²) >= 11 is 0. The first kappa shape index (κ1) is 12.2. The van der Waals surface area contributed by atoms with Crippen LogP contribution in [0.5, 0.6) is 0 Å². The summed E-state index contributed by atoms with van der Waals surface area (Å²) in [7, 11) is 0. The Labute approximate surface area is 105 Å². The Balaban J connectivity index is 2.31. The molecule has 5 heteroatoms. The summed E-state index contributed by atoms with van der Waals surface area (Å²) in [5.74, 6) is -0.511. The number of carbonyl (C=O) groups excluding carboxylic acids is 1. The Morgan fingerprint density at radius 2 is 2.33 bits per heavy atom. The van der Waals surface area contributed by atoms with Crippen molar-refractivity contribution in [2.24, 2.45) is 5.92 Å². The van der Waals surface area contributed by atoms with Gasteiger partial charge in [-0.25, -0.2) is 0 Å². The molecule has 18 heavy (non-hydrogen) atoms. The summed E-state index contributed by atoms with van der Waals surface area (Å²) in [6.07, 6.45) is 3.07. The van der Waals surface area contributed by atoms with Gasteiger partial charge in [0, 0.05) is 12.1 Å². The van der Waals surface area contributed by atoms with Gasteiger partial charge in [0.2, 0.25) is 0 Å². The average molecular weight is 246 g/mol. The van der Waals surface area contributed by atoms with Gasteiger partial charge in [0.15, 0.2) is 5.57 Å². The van der Waals surface area contributed by atoms with Crippen LogP contribution in [-0.2, 0) is 11.3 Å². The molecule has 0 aliphatic carbocycles. The highest BCUT2D eigenvalue weighted by Crippen LogP contribution is 2.30. The van der Waals surface area contributed by atoms with E-state index in [0.717, 1.165) is 5.56 Å². The molecule has 1 N–H and O–H groups in total. The van der Waals surface area contributed by atoms with Gasteiger partial charge in [-0.2, -0.15) is 5.26 Å². The Bertz CT molecular complexity index is 523. The van der Waals surface area contributed by atoms with Gasteiger partial charge >= 0.3 is 0 Å². The van der Waals surface area contributed by atoms with E-state index in [1.807, 2.05) is 13.8 Å². The van der Waals surface area contributed by atoms with E-state index in [1.165, 1.54) is 11.2 Å². The van der Waals surface area contributed by atoms with Crippen molar-refractivity contribution in [3.8, 4) is 6.07 Å². The first-order chi connectivity index (χ1) is 8.56. The molecule has 0 radical (unpaired) electrons. The second-order valence-electron chi connectivity index (χ2n) is 4.63. The number of nitrogens with zero attached hydrogens (tertiary/aromatic N) is 2. The van der Waals surface area contributed by atoms with Crippen LogP contribution in [0.3, 0.4) is 0 Å². The summed E-state index contributed by atoms with van der Waals surface area (Å²) in [6, 6.07) is 3.09. The van der Waals surface area contributed by atoms with Crippen molar-refractivity contribution in [1.29, 1.82) is 5.26 Å². The summed E-state index contributed by atoms with van der Waals surface area (Å²) in [4.78, 5) is 13.5. The molecule has 0 fully saturated rings. The molecule has 0 bridgehead atoms. The smallest absolute Gasteiger partial charge is 0.268 e. The molecule has 94 valence electrons. The zero-order chi connectivity index (χ0) is 13.3. The molecule has 1 atom stereocenters. The third-order valence-corrected chi connectivity index (χ3v) is 3.02. The van der Waals surface area contributed by atoms with Gasteiger partial charge in [0.05, 0.1) is 18.6 Å². The van der Waals surface area contributed by atoms with Gasteiger partial charge in [0.1, 0.15) is 11.8 Å². The first-order valence-electron chi connectivity index (χ1n) is 5.71. The average Bonchev–Trinajstić information content (AvgIpc) is 2.88. The lowest BCUT2D eigenvalue weighted by Crippen LogP contribution is -2.38. The largest absolute Gasteiger partial charge is 0.508 e. The molecule has 1 aromatic rings. The van der Waals surface area contributed by atoms with Crippen molar-refractivity contribution in [3.63, 3.8) is 0 Å². The van der Waals surface area contributed by atoms with E-state index >= 15 is 0 Å². The number of hydrogen-bond donors (Lipinski definition) is 1. The van der Waals surface area contributed by atoms with Gasteiger partial charge in [-0.3, -0.25) is 4.79 Å². The molecule has 1 amide bonds. The summed E-state index contributed by atoms with van der Waals surface area (Å²) in [5, 5.41) is 18.9. The predicted octanol–water partition coefficient (Wildman–Crippen LogP) is 1.98. The summed E-state index contributed by atoms with van der Waals surface area (Å²) in [5.41, 5.74) is 0.679. The van der Waals surface area contributed by atoms with E-state index in [4.69, 9.17) is 9.68 Å². The van der Waals surface area contributed by atoms with Gasteiger partial charge < -0.3 is 14.4 Å². The molecule has 0 saturated heterocycles. The molecule has 1 unspecified atom stereocenters. The van der Waals surface area contributed by atoms with Crippen LogP contribution in [0.25, 0.3) is 0 Å². The third kappa shape index (κ3) is 1.86. The van der Waals surface area contributed by atoms with Crippen LogP contribution in [0.4, 0.5) is 0 Å². The van der Waals surface area contributed by atoms with Crippen LogP contribution < -0.4 is 0 Å². The van der Waals surface area contributed by atoms with Crippen LogP contribution in [0.1, 0.15) is 19.4 Å². The van der Waals surface area contributed by atoms with E-state index in [-0.39, 0.29) is 17.3 Å². The Morgan fingerprint density at radius 1 is 1.61 bits per heavy atom. The van der Waals surface area contributed by atoms with Crippen molar-refractivity contribution in [1.82, 2.24) is 4.90 Å². The zero-order valence-electron chi connectivity index (χ0n) is 10.3. The summed E-state index contributed by atoms with van der Waals surface area (Å²) in [6.45, 7) is 4.13. The van der Waals surface area contributed by atoms with Gasteiger partial charge in [0.25, 0.3) is 5.91 Å². The molecule has 0 spiro atoms. The van der Waals surface area contributed by atoms with E-state index in [0.29, 0.717) is 6.54 Å². The minimum absolute atomic E-state index is 0.0340. The number of aliphatic hydroxyl groups excluding tert-OH is 1. The monoisotopic (exact) mass is 246 g/mol. The number of aliphatic hydroxyl groups is 1. The highest BCUT2D eigenvalue weighted by molar-refractivity contribution is 6.00. The van der Waals surface area contributed by atoms with Crippen molar-refractivity contribution >= 4 is 5.91 Å². The number of carbonyl (C=O) groups is 1. The van der Waals surface area contributed by atoms with Crippen LogP contribution in [-0.4, -0.2) is 22.0 Å². The van der Waals surface area contributed by atoms with E-state index in [1.54, 1.807) is 18.4 Å². The number of amides is 1. The lowest BCUT2D eigenvalue weighted by Gasteiger charge is -2.27. The first-order valence-corrected chi connectivity index (χ1v) is 5.71. The third-order valence-electron chi connectivity index (χ3n) is 3.02. The lowest BCUT2D eigenvalue weighted by atomic mass is 10.0. The zero-order valence-corrected chi connectivity index (χ0v) is 10.3. The molecule has 0 saturated carbocycles. The standard InChI is InChI=1S/C13H14N2O3/c1-8(2)11-12(16)10(5-14)13(17)15(11)6-9-3-4-18-7-9/h3-4,7-8,11,16H,6H2,1-2H3. The predicted molar refractivity (Wildman–Crippen MR) is 63.2 cm³/mol. The van der Waals surface area contributed by atoms with Crippen molar-refractivity contribution in [3.05, 3.63) is 35.5 Å². The molecular formula is C13H14N2O3. The maximum atomic E-state index is 12.0. The maximum absolute atomic E-state index is 12.0. The number of hydrogen-bond acceptors (Lipinski definition) is 4. The number of furan rings is 1. The molecular weight excluding hydrogens is 232 g/mol. The maximum Gasteiger partial charge on any atom is 0.268 e. The summed E-state index contributed by atoms with van der Waals surface area (Å²) < 4.78 is 4.96. The molecule has 0 aromatic carbocycles. The molecule has 1 aliphatic rings. The second kappa shape index (κ2) is 4.57. The van der Waals surface area contributed by atoms with E-state index in [9.17, 15) is 9.90 Å². The van der Waals surface area contributed by atoms with Crippen molar-refractivity contribution in [2.45, 2.75) is 26.4 Å². The van der Waals surface area contributed by atoms with Crippen LogP contribution >= 0.6 is 0 Å². The molecule has 1 aromatic heterocycles. The van der Waals surface area contributed by atoms with Crippen molar-refractivity contribution in [2.75, 3.05) is 0 Å². The van der Waals surface area contributed by atoms with Crippen LogP contribution in [0, 0.1) is 17.2 Å². The fourth-order valence-corrected chi connectivity index (χ4v) is 2.21. The van der Waals surface area contributed by atoms with Crippen LogP contribution in [0.15, 0.2) is 34.3 Å². The minimum atomic E-state index is -0.443. The van der Waals surface area contributed by atoms with Gasteiger partial charge in [-0.05, 0) is 12.0 Å². The Kier molecular flexibility index (Phi) is 3.11. The Hall–Kier alpha value is -2.22. The van der Waals surface area contributed by atoms with Gasteiger partial charge in [-0.1, -0.05) is 13.8 Å². The quantitative estimate of drug-likeness (QED) is 0.884. The van der Waals surface area contributed by atoms with E-state index in [2.05, 4.69) is 0 Å². The number of rotatable bonds is 3. The van der Waals surface area contributed by atoms with Crippen LogP contribution in [0.2, 0.25) is 0 Å². The minimum Gasteiger partial charge on any atom is -0.508 e. The fourth-order valence-electron chi connectivity index (χ4n) is 2.21. The SMILES string of the molecule is CC(C)C1C(O)=C(C#N)C(=O)N1Cc1ccoc1. The second-order valence-corrected chi connectivity index (χ2v) is 4.63. The topological polar surface area (TPSA) is 77.5 Å². The fraction of sp³-hybridized carbons (Fsp3) is 0.385. The number of nitriles is 1. The normalized spacial score (nSPS) is 19.8. The molecule has 1 aliphatic heterocycles. The molecule has 2 heterocycles. The highest BCUT2D eigenvalue weighted by Gasteiger charge is 2.41. The lowest BCUT2D eigenvalue weighted by molar-refractivity contribution is -0.128. The van der Waals surface area contributed by atoms with E-state index < -0.39 is 11.9 Å².